The molecule has 0 saturated heterocycles. The van der Waals surface area contributed by atoms with Crippen molar-refractivity contribution in [2.24, 2.45) is 5.73 Å². The number of amides is 1. The summed E-state index contributed by atoms with van der Waals surface area (Å²) >= 11 is 0. The Hall–Kier alpha value is -2.39. The highest BCUT2D eigenvalue weighted by Gasteiger charge is 2.29. The molecule has 0 aliphatic rings. The number of benzene rings is 1. The smallest absolute Gasteiger partial charge is 0.416 e. The van der Waals surface area contributed by atoms with Gasteiger partial charge in [0.25, 0.3) is 5.91 Å². The summed E-state index contributed by atoms with van der Waals surface area (Å²) in [5.74, 6) is -0.549. The third-order valence-electron chi connectivity index (χ3n) is 3.29. The zero-order valence-electron chi connectivity index (χ0n) is 12.7. The van der Waals surface area contributed by atoms with Gasteiger partial charge in [0.1, 0.15) is 12.3 Å². The molecular weight excluding hydrogens is 327 g/mol. The van der Waals surface area contributed by atoms with E-state index in [0.717, 1.165) is 18.4 Å². The van der Waals surface area contributed by atoms with Gasteiger partial charge in [-0.25, -0.2) is 4.98 Å². The minimum absolute atomic E-state index is 0.0182. The molecule has 0 fully saturated rings. The molecule has 6 nitrogen and oxygen atoms in total. The maximum absolute atomic E-state index is 12.5. The van der Waals surface area contributed by atoms with Crippen molar-refractivity contribution in [3.8, 4) is 0 Å². The van der Waals surface area contributed by atoms with Crippen molar-refractivity contribution in [3.05, 3.63) is 53.2 Å². The second-order valence-corrected chi connectivity index (χ2v) is 5.21. The van der Waals surface area contributed by atoms with Crippen LogP contribution in [0.4, 0.5) is 13.2 Å². The van der Waals surface area contributed by atoms with E-state index in [-0.39, 0.29) is 18.1 Å². The van der Waals surface area contributed by atoms with Crippen LogP contribution in [-0.2, 0) is 12.7 Å². The quantitative estimate of drug-likeness (QED) is 0.771. The standard InChI is InChI=1S/C15H16F3N3O3/c1-8(22)12(19)14-21-11(7-24-14)13(23)20-6-9-2-4-10(5-3-9)15(16,17)18/h2-5,7-8,12,22H,6,19H2,1H3,(H,20,23). The SMILES string of the molecule is CC(O)C(N)c1nc(C(=O)NCc2ccc(C(F)(F)F)cc2)co1. The number of nitrogens with two attached hydrogens (primary N) is 1. The molecular formula is C15H16F3N3O3. The lowest BCUT2D eigenvalue weighted by Crippen LogP contribution is -2.25. The van der Waals surface area contributed by atoms with Gasteiger partial charge in [-0.3, -0.25) is 4.79 Å². The molecule has 1 amide bonds. The minimum atomic E-state index is -4.40. The number of nitrogens with one attached hydrogen (secondary N) is 1. The Balaban J connectivity index is 1.96. The van der Waals surface area contributed by atoms with Gasteiger partial charge >= 0.3 is 6.18 Å². The number of alkyl halides is 3. The fourth-order valence-electron chi connectivity index (χ4n) is 1.84. The van der Waals surface area contributed by atoms with Crippen LogP contribution in [-0.4, -0.2) is 22.1 Å². The molecule has 0 radical (unpaired) electrons. The van der Waals surface area contributed by atoms with Crippen LogP contribution in [0.2, 0.25) is 0 Å². The van der Waals surface area contributed by atoms with Crippen molar-refractivity contribution >= 4 is 5.91 Å². The molecule has 2 rings (SSSR count). The summed E-state index contributed by atoms with van der Waals surface area (Å²) in [6, 6.07) is 3.58. The van der Waals surface area contributed by atoms with Gasteiger partial charge < -0.3 is 20.6 Å². The number of nitrogens with zero attached hydrogens (tertiary/aromatic N) is 1. The molecule has 2 unspecified atom stereocenters. The molecule has 0 spiro atoms. The van der Waals surface area contributed by atoms with Crippen molar-refractivity contribution in [2.45, 2.75) is 31.8 Å². The Labute approximate surface area is 135 Å². The highest BCUT2D eigenvalue weighted by atomic mass is 19.4. The molecule has 0 aliphatic carbocycles. The maximum atomic E-state index is 12.5. The lowest BCUT2D eigenvalue weighted by atomic mass is 10.1. The lowest BCUT2D eigenvalue weighted by Gasteiger charge is -2.09. The normalized spacial score (nSPS) is 14.2. The number of aromatic nitrogens is 1. The zero-order chi connectivity index (χ0) is 17.9. The summed E-state index contributed by atoms with van der Waals surface area (Å²) in [4.78, 5) is 15.8. The zero-order valence-corrected chi connectivity index (χ0v) is 12.7. The number of rotatable bonds is 5. The van der Waals surface area contributed by atoms with E-state index in [4.69, 9.17) is 10.2 Å². The van der Waals surface area contributed by atoms with Crippen LogP contribution < -0.4 is 11.1 Å². The van der Waals surface area contributed by atoms with Crippen LogP contribution >= 0.6 is 0 Å². The highest BCUT2D eigenvalue weighted by Crippen LogP contribution is 2.29. The monoisotopic (exact) mass is 343 g/mol. The van der Waals surface area contributed by atoms with Crippen molar-refractivity contribution in [1.82, 2.24) is 10.3 Å². The Bertz CT molecular complexity index is 696. The van der Waals surface area contributed by atoms with E-state index in [9.17, 15) is 23.1 Å². The van der Waals surface area contributed by atoms with Crippen molar-refractivity contribution in [2.75, 3.05) is 0 Å². The second-order valence-electron chi connectivity index (χ2n) is 5.21. The third-order valence-corrected chi connectivity index (χ3v) is 3.29. The summed E-state index contributed by atoms with van der Waals surface area (Å²) < 4.78 is 42.4. The average Bonchev–Trinajstić information content (AvgIpc) is 3.01. The number of aliphatic hydroxyl groups is 1. The fourth-order valence-corrected chi connectivity index (χ4v) is 1.84. The number of carbonyl (C=O) groups is 1. The minimum Gasteiger partial charge on any atom is -0.446 e. The van der Waals surface area contributed by atoms with Crippen LogP contribution in [0.25, 0.3) is 0 Å². The molecule has 2 aromatic rings. The number of hydrogen-bond acceptors (Lipinski definition) is 5. The molecule has 130 valence electrons. The van der Waals surface area contributed by atoms with E-state index in [0.29, 0.717) is 5.56 Å². The number of halogens is 3. The Morgan fingerprint density at radius 2 is 2.00 bits per heavy atom. The molecule has 1 aromatic heterocycles. The van der Waals surface area contributed by atoms with E-state index in [1.807, 2.05) is 0 Å². The van der Waals surface area contributed by atoms with E-state index < -0.39 is 29.8 Å². The van der Waals surface area contributed by atoms with Gasteiger partial charge in [0, 0.05) is 6.54 Å². The van der Waals surface area contributed by atoms with Gasteiger partial charge in [-0.05, 0) is 24.6 Å². The third kappa shape index (κ3) is 4.33. The average molecular weight is 343 g/mol. The summed E-state index contributed by atoms with van der Waals surface area (Å²) in [6.45, 7) is 1.49. The largest absolute Gasteiger partial charge is 0.446 e. The molecule has 9 heteroatoms. The molecule has 0 aliphatic heterocycles. The summed E-state index contributed by atoms with van der Waals surface area (Å²) in [6.07, 6.45) is -4.20. The Kier molecular flexibility index (Phi) is 5.25. The fraction of sp³-hybridized carbons (Fsp3) is 0.333. The van der Waals surface area contributed by atoms with Gasteiger partial charge in [-0.2, -0.15) is 13.2 Å². The van der Waals surface area contributed by atoms with Crippen LogP contribution in [0.3, 0.4) is 0 Å². The predicted molar refractivity (Wildman–Crippen MR) is 77.7 cm³/mol. The maximum Gasteiger partial charge on any atom is 0.416 e. The van der Waals surface area contributed by atoms with E-state index in [1.54, 1.807) is 0 Å². The van der Waals surface area contributed by atoms with Gasteiger partial charge in [-0.15, -0.1) is 0 Å². The van der Waals surface area contributed by atoms with Crippen LogP contribution in [0.15, 0.2) is 34.9 Å². The van der Waals surface area contributed by atoms with Crippen molar-refractivity contribution < 1.29 is 27.5 Å². The second kappa shape index (κ2) is 7.02. The summed E-state index contributed by atoms with van der Waals surface area (Å²) in [5, 5.41) is 11.9. The number of aliphatic hydroxyl groups excluding tert-OH is 1. The molecule has 2 atom stereocenters. The molecule has 0 saturated carbocycles. The first-order valence-corrected chi connectivity index (χ1v) is 7.02. The first-order chi connectivity index (χ1) is 11.2. The summed E-state index contributed by atoms with van der Waals surface area (Å²) in [5.41, 5.74) is 5.34. The first kappa shape index (κ1) is 18.0. The highest BCUT2D eigenvalue weighted by molar-refractivity contribution is 5.91. The summed E-state index contributed by atoms with van der Waals surface area (Å²) in [7, 11) is 0. The Morgan fingerprint density at radius 3 is 2.54 bits per heavy atom. The number of carbonyl (C=O) groups excluding carboxylic acids is 1. The molecule has 0 bridgehead atoms. The van der Waals surface area contributed by atoms with E-state index in [2.05, 4.69) is 10.3 Å². The number of hydrogen-bond donors (Lipinski definition) is 3. The van der Waals surface area contributed by atoms with Crippen molar-refractivity contribution in [1.29, 1.82) is 0 Å². The van der Waals surface area contributed by atoms with Crippen LogP contribution in [0, 0.1) is 0 Å². The van der Waals surface area contributed by atoms with Gasteiger partial charge in [0.2, 0.25) is 5.89 Å². The molecule has 1 aromatic carbocycles. The molecule has 1 heterocycles. The predicted octanol–water partition coefficient (Wildman–Crippen LogP) is 2.00. The van der Waals surface area contributed by atoms with E-state index >= 15 is 0 Å². The molecule has 4 N–H and O–H groups in total. The topological polar surface area (TPSA) is 101 Å². The lowest BCUT2D eigenvalue weighted by molar-refractivity contribution is -0.137. The van der Waals surface area contributed by atoms with Crippen molar-refractivity contribution in [3.63, 3.8) is 0 Å². The van der Waals surface area contributed by atoms with Crippen LogP contribution in [0.5, 0.6) is 0 Å². The first-order valence-electron chi connectivity index (χ1n) is 7.02. The number of oxazole rings is 1. The Morgan fingerprint density at radius 1 is 1.38 bits per heavy atom. The van der Waals surface area contributed by atoms with E-state index in [1.165, 1.54) is 19.1 Å². The van der Waals surface area contributed by atoms with Gasteiger partial charge in [0.05, 0.1) is 11.7 Å². The molecule has 24 heavy (non-hydrogen) atoms. The van der Waals surface area contributed by atoms with Gasteiger partial charge in [0.15, 0.2) is 5.69 Å². The van der Waals surface area contributed by atoms with Gasteiger partial charge in [-0.1, -0.05) is 12.1 Å². The van der Waals surface area contributed by atoms with Crippen LogP contribution in [0.1, 0.15) is 40.5 Å².